The number of unbranched alkanes of at least 4 members (excludes halogenated alkanes) is 4. The van der Waals surface area contributed by atoms with Gasteiger partial charge in [0.15, 0.2) is 0 Å². The van der Waals surface area contributed by atoms with Crippen molar-refractivity contribution in [2.75, 3.05) is 0 Å². The molecule has 0 bridgehead atoms. The van der Waals surface area contributed by atoms with E-state index in [4.69, 9.17) is 0 Å². The molecular weight excluding hydrogens is 172 g/mol. The molecule has 0 heterocycles. The second-order valence-corrected chi connectivity index (χ2v) is 4.34. The van der Waals surface area contributed by atoms with E-state index in [0.29, 0.717) is 5.92 Å². The second-order valence-electron chi connectivity index (χ2n) is 4.34. The maximum absolute atomic E-state index is 10.7. The maximum atomic E-state index is 10.7. The Kier molecular flexibility index (Phi) is 8.61. The Morgan fingerprint density at radius 2 is 1.93 bits per heavy atom. The van der Waals surface area contributed by atoms with Crippen LogP contribution < -0.4 is 0 Å². The Balaban J connectivity index is 3.64. The number of rotatable bonds is 8. The number of aldehydes is 1. The average molecular weight is 196 g/mol. The molecule has 1 nitrogen and oxygen atoms in total. The Hall–Kier alpha value is -0.590. The van der Waals surface area contributed by atoms with Gasteiger partial charge in [-0.2, -0.15) is 0 Å². The molecule has 0 saturated heterocycles. The van der Waals surface area contributed by atoms with Crippen LogP contribution in [-0.2, 0) is 4.79 Å². The zero-order valence-corrected chi connectivity index (χ0v) is 9.88. The molecule has 0 aromatic carbocycles. The molecule has 0 rings (SSSR count). The van der Waals surface area contributed by atoms with Crippen LogP contribution in [0.5, 0.6) is 0 Å². The largest absolute Gasteiger partial charge is 0.298 e. The molecule has 0 fully saturated rings. The molecule has 0 aliphatic rings. The monoisotopic (exact) mass is 196 g/mol. The summed E-state index contributed by atoms with van der Waals surface area (Å²) in [6.07, 6.45) is 10.2. The van der Waals surface area contributed by atoms with E-state index in [1.165, 1.54) is 25.7 Å². The lowest BCUT2D eigenvalue weighted by atomic mass is 10.0. The predicted molar refractivity (Wildman–Crippen MR) is 62.4 cm³/mol. The molecule has 0 aromatic heterocycles. The molecule has 0 aliphatic heterocycles. The Bertz CT molecular complexity index is 168. The van der Waals surface area contributed by atoms with E-state index in [1.54, 1.807) is 0 Å². The van der Waals surface area contributed by atoms with Crippen LogP contribution >= 0.6 is 0 Å². The summed E-state index contributed by atoms with van der Waals surface area (Å²) in [7, 11) is 0. The van der Waals surface area contributed by atoms with E-state index in [-0.39, 0.29) is 0 Å². The third-order valence-electron chi connectivity index (χ3n) is 2.26. The fraction of sp³-hybridized carbons (Fsp3) is 0.769. The van der Waals surface area contributed by atoms with Crippen molar-refractivity contribution in [1.82, 2.24) is 0 Å². The molecule has 0 aromatic rings. The first-order valence-electron chi connectivity index (χ1n) is 5.84. The van der Waals surface area contributed by atoms with Crippen LogP contribution in [-0.4, -0.2) is 6.29 Å². The number of hydrogen-bond acceptors (Lipinski definition) is 1. The molecule has 0 atom stereocenters. The third kappa shape index (κ3) is 8.03. The zero-order chi connectivity index (χ0) is 10.8. The Labute approximate surface area is 88.6 Å². The molecule has 0 unspecified atom stereocenters. The Morgan fingerprint density at radius 3 is 2.43 bits per heavy atom. The molecule has 0 aliphatic carbocycles. The van der Waals surface area contributed by atoms with Crippen LogP contribution in [0.1, 0.15) is 59.3 Å². The molecule has 0 spiro atoms. The van der Waals surface area contributed by atoms with Crippen molar-refractivity contribution in [3.63, 3.8) is 0 Å². The van der Waals surface area contributed by atoms with Crippen LogP contribution in [0.15, 0.2) is 11.6 Å². The molecule has 14 heavy (non-hydrogen) atoms. The maximum Gasteiger partial charge on any atom is 0.145 e. The van der Waals surface area contributed by atoms with Crippen LogP contribution in [0.3, 0.4) is 0 Å². The van der Waals surface area contributed by atoms with Gasteiger partial charge in [-0.05, 0) is 30.8 Å². The van der Waals surface area contributed by atoms with Crippen LogP contribution in [0, 0.1) is 5.92 Å². The number of hydrogen-bond donors (Lipinski definition) is 0. The summed E-state index contributed by atoms with van der Waals surface area (Å²) in [5.74, 6) is 0.585. The lowest BCUT2D eigenvalue weighted by Crippen LogP contribution is -1.92. The summed E-state index contributed by atoms with van der Waals surface area (Å²) < 4.78 is 0. The van der Waals surface area contributed by atoms with E-state index < -0.39 is 0 Å². The van der Waals surface area contributed by atoms with Gasteiger partial charge in [0.1, 0.15) is 6.29 Å². The molecule has 0 N–H and O–H groups in total. The minimum Gasteiger partial charge on any atom is -0.298 e. The van der Waals surface area contributed by atoms with Crippen molar-refractivity contribution in [2.45, 2.75) is 59.3 Å². The normalized spacial score (nSPS) is 12.1. The van der Waals surface area contributed by atoms with Gasteiger partial charge in [0.25, 0.3) is 0 Å². The molecule has 82 valence electrons. The lowest BCUT2D eigenvalue weighted by molar-refractivity contribution is -0.105. The van der Waals surface area contributed by atoms with Crippen LogP contribution in [0.2, 0.25) is 0 Å². The highest BCUT2D eigenvalue weighted by Crippen LogP contribution is 2.11. The van der Waals surface area contributed by atoms with Gasteiger partial charge in [0.05, 0.1) is 0 Å². The highest BCUT2D eigenvalue weighted by molar-refractivity contribution is 5.72. The van der Waals surface area contributed by atoms with Gasteiger partial charge in [-0.15, -0.1) is 0 Å². The summed E-state index contributed by atoms with van der Waals surface area (Å²) in [5.41, 5.74) is 0.983. The SMILES string of the molecule is CCCCCCC=C(C=O)CC(C)C. The van der Waals surface area contributed by atoms with Crippen molar-refractivity contribution >= 4 is 6.29 Å². The van der Waals surface area contributed by atoms with Crippen molar-refractivity contribution < 1.29 is 4.79 Å². The minimum absolute atomic E-state index is 0.585. The summed E-state index contributed by atoms with van der Waals surface area (Å²) in [6, 6.07) is 0. The first-order chi connectivity index (χ1) is 6.70. The third-order valence-corrected chi connectivity index (χ3v) is 2.26. The summed E-state index contributed by atoms with van der Waals surface area (Å²) in [4.78, 5) is 10.7. The summed E-state index contributed by atoms with van der Waals surface area (Å²) in [6.45, 7) is 6.51. The standard InChI is InChI=1S/C13H24O/c1-4-5-6-7-8-9-13(11-14)10-12(2)3/h9,11-12H,4-8,10H2,1-3H3. The van der Waals surface area contributed by atoms with Crippen molar-refractivity contribution in [1.29, 1.82) is 0 Å². The van der Waals surface area contributed by atoms with Crippen LogP contribution in [0.25, 0.3) is 0 Å². The summed E-state index contributed by atoms with van der Waals surface area (Å²) >= 11 is 0. The smallest absolute Gasteiger partial charge is 0.145 e. The lowest BCUT2D eigenvalue weighted by Gasteiger charge is -2.03. The number of allylic oxidation sites excluding steroid dienone is 2. The number of carbonyl (C=O) groups excluding carboxylic acids is 1. The van der Waals surface area contributed by atoms with Crippen LogP contribution in [0.4, 0.5) is 0 Å². The van der Waals surface area contributed by atoms with Gasteiger partial charge in [-0.25, -0.2) is 0 Å². The molecule has 0 saturated carbocycles. The Morgan fingerprint density at radius 1 is 1.21 bits per heavy atom. The van der Waals surface area contributed by atoms with Gasteiger partial charge >= 0.3 is 0 Å². The van der Waals surface area contributed by atoms with E-state index in [0.717, 1.165) is 24.7 Å². The van der Waals surface area contributed by atoms with Gasteiger partial charge in [0.2, 0.25) is 0 Å². The molecule has 1 heteroatoms. The first kappa shape index (κ1) is 13.4. The topological polar surface area (TPSA) is 17.1 Å². The second kappa shape index (κ2) is 8.98. The molecular formula is C13H24O. The quantitative estimate of drug-likeness (QED) is 0.324. The summed E-state index contributed by atoms with van der Waals surface area (Å²) in [5, 5.41) is 0. The zero-order valence-electron chi connectivity index (χ0n) is 9.88. The van der Waals surface area contributed by atoms with Gasteiger partial charge in [-0.1, -0.05) is 46.1 Å². The van der Waals surface area contributed by atoms with Crippen molar-refractivity contribution in [3.05, 3.63) is 11.6 Å². The van der Waals surface area contributed by atoms with E-state index in [1.807, 2.05) is 0 Å². The van der Waals surface area contributed by atoms with Gasteiger partial charge in [-0.3, -0.25) is 4.79 Å². The van der Waals surface area contributed by atoms with E-state index in [2.05, 4.69) is 26.8 Å². The first-order valence-corrected chi connectivity index (χ1v) is 5.84. The van der Waals surface area contributed by atoms with Gasteiger partial charge in [0, 0.05) is 0 Å². The fourth-order valence-corrected chi connectivity index (χ4v) is 1.51. The van der Waals surface area contributed by atoms with Crippen molar-refractivity contribution in [3.8, 4) is 0 Å². The highest BCUT2D eigenvalue weighted by Gasteiger charge is 1.98. The average Bonchev–Trinajstić information content (AvgIpc) is 2.15. The highest BCUT2D eigenvalue weighted by atomic mass is 16.1. The molecule has 0 radical (unpaired) electrons. The minimum atomic E-state index is 0.585. The number of carbonyl (C=O) groups is 1. The fourth-order valence-electron chi connectivity index (χ4n) is 1.51. The predicted octanol–water partition coefficient (Wildman–Crippen LogP) is 4.13. The van der Waals surface area contributed by atoms with Gasteiger partial charge < -0.3 is 0 Å². The molecule has 0 amide bonds. The van der Waals surface area contributed by atoms with E-state index in [9.17, 15) is 4.79 Å². The van der Waals surface area contributed by atoms with E-state index >= 15 is 0 Å². The van der Waals surface area contributed by atoms with Crippen molar-refractivity contribution in [2.24, 2.45) is 5.92 Å².